The summed E-state index contributed by atoms with van der Waals surface area (Å²) in [5.41, 5.74) is 6.38. The second-order valence-corrected chi connectivity index (χ2v) is 4.57. The normalized spacial score (nSPS) is 16.0. The van der Waals surface area contributed by atoms with E-state index in [0.29, 0.717) is 10.8 Å². The van der Waals surface area contributed by atoms with E-state index in [1.54, 1.807) is 12.3 Å². The van der Waals surface area contributed by atoms with Crippen molar-refractivity contribution in [1.82, 2.24) is 15.1 Å². The molecule has 2 rings (SSSR count). The van der Waals surface area contributed by atoms with Gasteiger partial charge >= 0.3 is 0 Å². The minimum absolute atomic E-state index is 0.351. The van der Waals surface area contributed by atoms with Crippen LogP contribution in [-0.4, -0.2) is 46.3 Å². The molecule has 5 nitrogen and oxygen atoms in total. The van der Waals surface area contributed by atoms with Crippen LogP contribution in [0.1, 0.15) is 18.4 Å². The standard InChI is InChI=1S/C11H17N5S/c12-10(17)9-3-4-14-15-11(9)13-5-8-16-6-1-2-7-16/h3-4H,1-2,5-8H2,(H2,12,17)(H,13,15). The fraction of sp³-hybridized carbons (Fsp3) is 0.545. The Balaban J connectivity index is 1.87. The van der Waals surface area contributed by atoms with E-state index >= 15 is 0 Å². The van der Waals surface area contributed by atoms with Crippen LogP contribution >= 0.6 is 12.2 Å². The fourth-order valence-corrected chi connectivity index (χ4v) is 2.16. The number of nitrogens with two attached hydrogens (primary N) is 1. The highest BCUT2D eigenvalue weighted by molar-refractivity contribution is 7.80. The van der Waals surface area contributed by atoms with Gasteiger partial charge in [-0.05, 0) is 32.0 Å². The van der Waals surface area contributed by atoms with Gasteiger partial charge in [-0.2, -0.15) is 5.10 Å². The maximum absolute atomic E-state index is 5.62. The molecule has 2 heterocycles. The molecule has 0 unspecified atom stereocenters. The molecule has 17 heavy (non-hydrogen) atoms. The number of aromatic nitrogens is 2. The predicted octanol–water partition coefficient (Wildman–Crippen LogP) is 0.618. The monoisotopic (exact) mass is 251 g/mol. The van der Waals surface area contributed by atoms with Crippen molar-refractivity contribution in [1.29, 1.82) is 0 Å². The maximum atomic E-state index is 5.62. The average molecular weight is 251 g/mol. The molecule has 1 fully saturated rings. The first kappa shape index (κ1) is 12.2. The third-order valence-corrected chi connectivity index (χ3v) is 3.13. The third-order valence-electron chi connectivity index (χ3n) is 2.91. The number of thiocarbonyl (C=S) groups is 1. The summed E-state index contributed by atoms with van der Waals surface area (Å²) in [6.45, 7) is 4.26. The third kappa shape index (κ3) is 3.34. The fourth-order valence-electron chi connectivity index (χ4n) is 2.00. The van der Waals surface area contributed by atoms with Gasteiger partial charge in [-0.25, -0.2) is 0 Å². The number of nitrogens with one attached hydrogen (secondary N) is 1. The molecule has 1 saturated heterocycles. The van der Waals surface area contributed by atoms with Crippen LogP contribution in [0.4, 0.5) is 5.82 Å². The van der Waals surface area contributed by atoms with Crippen molar-refractivity contribution in [2.24, 2.45) is 5.73 Å². The van der Waals surface area contributed by atoms with E-state index in [-0.39, 0.29) is 0 Å². The zero-order chi connectivity index (χ0) is 12.1. The lowest BCUT2D eigenvalue weighted by Crippen LogP contribution is -2.27. The molecule has 3 N–H and O–H groups in total. The molecule has 0 atom stereocenters. The molecule has 0 bridgehead atoms. The van der Waals surface area contributed by atoms with Crippen LogP contribution in [0.3, 0.4) is 0 Å². The first-order valence-electron chi connectivity index (χ1n) is 5.85. The Morgan fingerprint density at radius 2 is 2.24 bits per heavy atom. The lowest BCUT2D eigenvalue weighted by molar-refractivity contribution is 0.352. The molecule has 0 radical (unpaired) electrons. The molecule has 0 aromatic carbocycles. The Morgan fingerprint density at radius 3 is 2.94 bits per heavy atom. The average Bonchev–Trinajstić information content (AvgIpc) is 2.82. The molecule has 0 saturated carbocycles. The van der Waals surface area contributed by atoms with Crippen molar-refractivity contribution < 1.29 is 0 Å². The molecule has 0 spiro atoms. The Morgan fingerprint density at radius 1 is 1.47 bits per heavy atom. The van der Waals surface area contributed by atoms with Crippen LogP contribution in [-0.2, 0) is 0 Å². The molecule has 1 aliphatic heterocycles. The van der Waals surface area contributed by atoms with Crippen LogP contribution < -0.4 is 11.1 Å². The van der Waals surface area contributed by atoms with Gasteiger partial charge < -0.3 is 16.0 Å². The van der Waals surface area contributed by atoms with Gasteiger partial charge in [-0.15, -0.1) is 5.10 Å². The van der Waals surface area contributed by atoms with Crippen LogP contribution in [0.2, 0.25) is 0 Å². The van der Waals surface area contributed by atoms with Crippen LogP contribution in [0.15, 0.2) is 12.3 Å². The van der Waals surface area contributed by atoms with Gasteiger partial charge in [0.1, 0.15) is 4.99 Å². The van der Waals surface area contributed by atoms with Gasteiger partial charge in [0.15, 0.2) is 5.82 Å². The van der Waals surface area contributed by atoms with Gasteiger partial charge in [0.25, 0.3) is 0 Å². The SMILES string of the molecule is NC(=S)c1ccnnc1NCCN1CCCC1. The van der Waals surface area contributed by atoms with Crippen molar-refractivity contribution >= 4 is 23.0 Å². The molecule has 92 valence electrons. The Hall–Kier alpha value is -1.27. The predicted molar refractivity (Wildman–Crippen MR) is 72.1 cm³/mol. The quantitative estimate of drug-likeness (QED) is 0.748. The summed E-state index contributed by atoms with van der Waals surface area (Å²) < 4.78 is 0. The van der Waals surface area contributed by atoms with Gasteiger partial charge in [-0.3, -0.25) is 0 Å². The zero-order valence-electron chi connectivity index (χ0n) is 9.72. The molecular formula is C11H17N5S. The van der Waals surface area contributed by atoms with Crippen molar-refractivity contribution in [2.45, 2.75) is 12.8 Å². The summed E-state index contributed by atoms with van der Waals surface area (Å²) in [5, 5.41) is 11.1. The van der Waals surface area contributed by atoms with Crippen molar-refractivity contribution in [3.05, 3.63) is 17.8 Å². The highest BCUT2D eigenvalue weighted by atomic mass is 32.1. The summed E-state index contributed by atoms with van der Waals surface area (Å²) in [6, 6.07) is 1.79. The Kier molecular flexibility index (Phi) is 4.22. The Labute approximate surface area is 106 Å². The van der Waals surface area contributed by atoms with Crippen LogP contribution in [0, 0.1) is 0 Å². The number of hydrogen-bond donors (Lipinski definition) is 2. The van der Waals surface area contributed by atoms with Gasteiger partial charge in [0.05, 0.1) is 11.8 Å². The molecule has 6 heteroatoms. The smallest absolute Gasteiger partial charge is 0.158 e. The maximum Gasteiger partial charge on any atom is 0.158 e. The second kappa shape index (κ2) is 5.88. The van der Waals surface area contributed by atoms with E-state index < -0.39 is 0 Å². The first-order chi connectivity index (χ1) is 8.27. The summed E-state index contributed by atoms with van der Waals surface area (Å²) in [5.74, 6) is 0.680. The van der Waals surface area contributed by atoms with Gasteiger partial charge in [0, 0.05) is 13.1 Å². The van der Waals surface area contributed by atoms with Crippen LogP contribution in [0.5, 0.6) is 0 Å². The topological polar surface area (TPSA) is 67.1 Å². The van der Waals surface area contributed by atoms with Crippen LogP contribution in [0.25, 0.3) is 0 Å². The highest BCUT2D eigenvalue weighted by Crippen LogP contribution is 2.10. The number of likely N-dealkylation sites (tertiary alicyclic amines) is 1. The molecule has 0 amide bonds. The van der Waals surface area contributed by atoms with E-state index in [0.717, 1.165) is 18.7 Å². The highest BCUT2D eigenvalue weighted by Gasteiger charge is 2.11. The van der Waals surface area contributed by atoms with E-state index in [2.05, 4.69) is 20.4 Å². The Bertz CT molecular complexity index is 389. The molecule has 1 aromatic heterocycles. The minimum Gasteiger partial charge on any atom is -0.389 e. The van der Waals surface area contributed by atoms with Gasteiger partial charge in [-0.1, -0.05) is 12.2 Å². The van der Waals surface area contributed by atoms with E-state index in [1.165, 1.54) is 25.9 Å². The lowest BCUT2D eigenvalue weighted by Gasteiger charge is -2.15. The van der Waals surface area contributed by atoms with Gasteiger partial charge in [0.2, 0.25) is 0 Å². The van der Waals surface area contributed by atoms with Crippen molar-refractivity contribution in [2.75, 3.05) is 31.5 Å². The van der Waals surface area contributed by atoms with Crippen molar-refractivity contribution in [3.63, 3.8) is 0 Å². The number of anilines is 1. The first-order valence-corrected chi connectivity index (χ1v) is 6.26. The minimum atomic E-state index is 0.351. The molecule has 0 aliphatic carbocycles. The summed E-state index contributed by atoms with van der Waals surface area (Å²) in [6.07, 6.45) is 4.21. The molecule has 1 aromatic rings. The number of nitrogens with zero attached hydrogens (tertiary/aromatic N) is 3. The number of hydrogen-bond acceptors (Lipinski definition) is 5. The summed E-state index contributed by atoms with van der Waals surface area (Å²) >= 11 is 4.97. The van der Waals surface area contributed by atoms with E-state index in [1.807, 2.05) is 0 Å². The van der Waals surface area contributed by atoms with E-state index in [4.69, 9.17) is 18.0 Å². The lowest BCUT2D eigenvalue weighted by atomic mass is 10.3. The molecular weight excluding hydrogens is 234 g/mol. The summed E-state index contributed by atoms with van der Waals surface area (Å²) in [4.78, 5) is 2.78. The van der Waals surface area contributed by atoms with E-state index in [9.17, 15) is 0 Å². The zero-order valence-corrected chi connectivity index (χ0v) is 10.5. The number of rotatable bonds is 5. The molecule has 1 aliphatic rings. The van der Waals surface area contributed by atoms with Crippen molar-refractivity contribution in [3.8, 4) is 0 Å². The summed E-state index contributed by atoms with van der Waals surface area (Å²) in [7, 11) is 0. The largest absolute Gasteiger partial charge is 0.389 e. The second-order valence-electron chi connectivity index (χ2n) is 4.13.